The van der Waals surface area contributed by atoms with Crippen LogP contribution in [0.5, 0.6) is 0 Å². The van der Waals surface area contributed by atoms with E-state index in [1.54, 1.807) is 14.2 Å². The molecule has 0 saturated heterocycles. The molecule has 0 heterocycles. The van der Waals surface area contributed by atoms with Crippen LogP contribution in [-0.2, 0) is 9.53 Å². The fourth-order valence-corrected chi connectivity index (χ4v) is 0.893. The topological polar surface area (TPSA) is 38.3 Å². The lowest BCUT2D eigenvalue weighted by atomic mass is 10.4. The molecule has 1 rings (SSSR count). The second-order valence-electron chi connectivity index (χ2n) is 2.23. The van der Waals surface area contributed by atoms with Crippen molar-refractivity contribution in [3.8, 4) is 0 Å². The largest absolute Gasteiger partial charge is 0.381 e. The van der Waals surface area contributed by atoms with Crippen molar-refractivity contribution in [2.24, 2.45) is 5.92 Å². The Bertz CT molecular complexity index is 124. The van der Waals surface area contributed by atoms with Crippen molar-refractivity contribution in [3.05, 3.63) is 0 Å². The van der Waals surface area contributed by atoms with E-state index in [1.807, 2.05) is 0 Å². The quantitative estimate of drug-likeness (QED) is 0.559. The van der Waals surface area contributed by atoms with Crippen molar-refractivity contribution in [1.29, 1.82) is 0 Å². The van der Waals surface area contributed by atoms with E-state index in [-0.39, 0.29) is 17.9 Å². The summed E-state index contributed by atoms with van der Waals surface area (Å²) >= 11 is 0. The number of ether oxygens (including phenoxy) is 1. The third kappa shape index (κ3) is 1.21. The molecule has 1 aliphatic rings. The molecular weight excluding hydrogens is 118 g/mol. The minimum atomic E-state index is 0.0989. The van der Waals surface area contributed by atoms with Crippen molar-refractivity contribution in [2.45, 2.75) is 12.5 Å². The maximum Gasteiger partial charge on any atom is 0.225 e. The first-order valence-corrected chi connectivity index (χ1v) is 3.04. The number of amides is 1. The van der Waals surface area contributed by atoms with Crippen LogP contribution in [-0.4, -0.2) is 26.2 Å². The Morgan fingerprint density at radius 2 is 2.44 bits per heavy atom. The summed E-state index contributed by atoms with van der Waals surface area (Å²) in [5, 5.41) is 2.57. The summed E-state index contributed by atoms with van der Waals surface area (Å²) in [5.74, 6) is 0.224. The highest BCUT2D eigenvalue weighted by atomic mass is 16.5. The summed E-state index contributed by atoms with van der Waals surface area (Å²) in [6.07, 6.45) is 1.07. The maximum atomic E-state index is 10.8. The van der Waals surface area contributed by atoms with E-state index in [0.29, 0.717) is 0 Å². The predicted molar refractivity (Wildman–Crippen MR) is 33.0 cm³/mol. The molecule has 2 unspecified atom stereocenters. The lowest BCUT2D eigenvalue weighted by Crippen LogP contribution is -2.21. The second-order valence-corrected chi connectivity index (χ2v) is 2.23. The minimum Gasteiger partial charge on any atom is -0.381 e. The summed E-state index contributed by atoms with van der Waals surface area (Å²) in [4.78, 5) is 10.8. The monoisotopic (exact) mass is 129 g/mol. The van der Waals surface area contributed by atoms with Crippen LogP contribution in [0.4, 0.5) is 0 Å². The zero-order chi connectivity index (χ0) is 6.85. The number of hydrogen-bond acceptors (Lipinski definition) is 2. The molecule has 0 aromatic rings. The van der Waals surface area contributed by atoms with Crippen LogP contribution < -0.4 is 5.32 Å². The molecule has 0 aromatic heterocycles. The van der Waals surface area contributed by atoms with Crippen molar-refractivity contribution in [1.82, 2.24) is 5.32 Å². The molecule has 1 fully saturated rings. The Morgan fingerprint density at radius 3 is 2.78 bits per heavy atom. The smallest absolute Gasteiger partial charge is 0.225 e. The molecule has 0 aliphatic heterocycles. The Balaban J connectivity index is 2.25. The van der Waals surface area contributed by atoms with Gasteiger partial charge in [0.2, 0.25) is 5.91 Å². The molecule has 52 valence electrons. The molecular formula is C6H11NO2. The van der Waals surface area contributed by atoms with Crippen molar-refractivity contribution in [2.75, 3.05) is 14.2 Å². The first-order valence-electron chi connectivity index (χ1n) is 3.04. The first-order chi connectivity index (χ1) is 4.29. The minimum absolute atomic E-state index is 0.0989. The van der Waals surface area contributed by atoms with Gasteiger partial charge in [0.1, 0.15) is 0 Å². The van der Waals surface area contributed by atoms with Gasteiger partial charge < -0.3 is 10.1 Å². The van der Waals surface area contributed by atoms with E-state index < -0.39 is 0 Å². The highest BCUT2D eigenvalue weighted by molar-refractivity contribution is 5.81. The Morgan fingerprint density at radius 1 is 1.78 bits per heavy atom. The Kier molecular flexibility index (Phi) is 1.71. The standard InChI is InChI=1S/C6H11NO2/c1-7-6(8)4-3-5(4)9-2/h4-5H,3H2,1-2H3,(H,7,8). The van der Waals surface area contributed by atoms with Gasteiger partial charge in [-0.1, -0.05) is 0 Å². The fourth-order valence-electron chi connectivity index (χ4n) is 0.893. The second kappa shape index (κ2) is 2.35. The number of carbonyl (C=O) groups excluding carboxylic acids is 1. The van der Waals surface area contributed by atoms with E-state index in [0.717, 1.165) is 6.42 Å². The summed E-state index contributed by atoms with van der Waals surface area (Å²) in [6.45, 7) is 0. The summed E-state index contributed by atoms with van der Waals surface area (Å²) in [6, 6.07) is 0. The zero-order valence-electron chi connectivity index (χ0n) is 5.68. The van der Waals surface area contributed by atoms with Crippen LogP contribution in [0.15, 0.2) is 0 Å². The normalized spacial score (nSPS) is 31.8. The van der Waals surface area contributed by atoms with Gasteiger partial charge in [0, 0.05) is 14.2 Å². The highest BCUT2D eigenvalue weighted by Gasteiger charge is 2.42. The number of carbonyl (C=O) groups is 1. The molecule has 0 bridgehead atoms. The van der Waals surface area contributed by atoms with Gasteiger partial charge in [0.25, 0.3) is 0 Å². The van der Waals surface area contributed by atoms with E-state index >= 15 is 0 Å². The lowest BCUT2D eigenvalue weighted by Gasteiger charge is -1.94. The molecule has 1 saturated carbocycles. The van der Waals surface area contributed by atoms with Gasteiger partial charge in [0.15, 0.2) is 0 Å². The molecule has 3 heteroatoms. The third-order valence-corrected chi connectivity index (χ3v) is 1.62. The number of hydrogen-bond donors (Lipinski definition) is 1. The first kappa shape index (κ1) is 6.55. The molecule has 1 N–H and O–H groups in total. The van der Waals surface area contributed by atoms with Gasteiger partial charge in [-0.3, -0.25) is 4.79 Å². The highest BCUT2D eigenvalue weighted by Crippen LogP contribution is 2.32. The van der Waals surface area contributed by atoms with Gasteiger partial charge in [0.05, 0.1) is 12.0 Å². The molecule has 0 radical (unpaired) electrons. The van der Waals surface area contributed by atoms with Crippen LogP contribution in [0.1, 0.15) is 6.42 Å². The van der Waals surface area contributed by atoms with E-state index in [2.05, 4.69) is 5.32 Å². The van der Waals surface area contributed by atoms with Crippen LogP contribution >= 0.6 is 0 Å². The van der Waals surface area contributed by atoms with E-state index in [4.69, 9.17) is 4.74 Å². The van der Waals surface area contributed by atoms with Gasteiger partial charge in [-0.2, -0.15) is 0 Å². The molecule has 3 nitrogen and oxygen atoms in total. The fraction of sp³-hybridized carbons (Fsp3) is 0.833. The molecule has 0 aromatic carbocycles. The summed E-state index contributed by atoms with van der Waals surface area (Å²) < 4.78 is 4.94. The zero-order valence-corrected chi connectivity index (χ0v) is 5.68. The summed E-state index contributed by atoms with van der Waals surface area (Å²) in [7, 11) is 3.28. The molecule has 0 spiro atoms. The summed E-state index contributed by atoms with van der Waals surface area (Å²) in [5.41, 5.74) is 0. The lowest BCUT2D eigenvalue weighted by molar-refractivity contribution is -0.122. The Labute approximate surface area is 54.4 Å². The molecule has 9 heavy (non-hydrogen) atoms. The molecule has 1 aliphatic carbocycles. The predicted octanol–water partition coefficient (Wildman–Crippen LogP) is -0.233. The SMILES string of the molecule is CNC(=O)C1CC1OC. The van der Waals surface area contributed by atoms with Gasteiger partial charge in [-0.05, 0) is 6.42 Å². The third-order valence-electron chi connectivity index (χ3n) is 1.62. The number of methoxy groups -OCH3 is 1. The van der Waals surface area contributed by atoms with Crippen molar-refractivity contribution >= 4 is 5.91 Å². The van der Waals surface area contributed by atoms with Crippen molar-refractivity contribution in [3.63, 3.8) is 0 Å². The van der Waals surface area contributed by atoms with Crippen LogP contribution in [0.25, 0.3) is 0 Å². The molecule has 2 atom stereocenters. The van der Waals surface area contributed by atoms with Crippen LogP contribution in [0.3, 0.4) is 0 Å². The van der Waals surface area contributed by atoms with Gasteiger partial charge in [-0.15, -0.1) is 0 Å². The number of nitrogens with one attached hydrogen (secondary N) is 1. The van der Waals surface area contributed by atoms with Crippen molar-refractivity contribution < 1.29 is 9.53 Å². The van der Waals surface area contributed by atoms with Crippen LogP contribution in [0.2, 0.25) is 0 Å². The maximum absolute atomic E-state index is 10.8. The number of rotatable bonds is 2. The average Bonchev–Trinajstić information content (AvgIpc) is 2.64. The van der Waals surface area contributed by atoms with E-state index in [9.17, 15) is 4.79 Å². The van der Waals surface area contributed by atoms with Gasteiger partial charge in [-0.25, -0.2) is 0 Å². The van der Waals surface area contributed by atoms with Gasteiger partial charge >= 0.3 is 0 Å². The van der Waals surface area contributed by atoms with Crippen LogP contribution in [0, 0.1) is 5.92 Å². The average molecular weight is 129 g/mol. The molecule has 1 amide bonds. The Hall–Kier alpha value is -0.570. The van der Waals surface area contributed by atoms with E-state index in [1.165, 1.54) is 0 Å².